The van der Waals surface area contributed by atoms with Gasteiger partial charge in [-0.2, -0.15) is 0 Å². The van der Waals surface area contributed by atoms with Crippen molar-refractivity contribution in [2.24, 2.45) is 0 Å². The van der Waals surface area contributed by atoms with Crippen molar-refractivity contribution in [3.05, 3.63) is 65.0 Å². The van der Waals surface area contributed by atoms with Crippen LogP contribution in [0.4, 0.5) is 5.69 Å². The monoisotopic (exact) mass is 368 g/mol. The molecule has 7 nitrogen and oxygen atoms in total. The van der Waals surface area contributed by atoms with E-state index >= 15 is 0 Å². The first-order chi connectivity index (χ1) is 12.5. The van der Waals surface area contributed by atoms with E-state index < -0.39 is 5.25 Å². The van der Waals surface area contributed by atoms with Gasteiger partial charge in [-0.15, -0.1) is 10.2 Å². The standard InChI is InChI=1S/C18H16N4O3S/c1-11(16(24)19-13-7-9-14(23)10-8-13)26-18-20-17(25)15(21-22-18)12-5-3-2-4-6-12/h2-11,23H,1H3,(H,19,24)(H,20,22,25). The van der Waals surface area contributed by atoms with Crippen LogP contribution in [-0.2, 0) is 4.79 Å². The number of aromatic nitrogens is 3. The molecule has 3 N–H and O–H groups in total. The van der Waals surface area contributed by atoms with Gasteiger partial charge < -0.3 is 10.4 Å². The van der Waals surface area contributed by atoms with Crippen LogP contribution in [0.1, 0.15) is 6.92 Å². The summed E-state index contributed by atoms with van der Waals surface area (Å²) in [6.07, 6.45) is 0. The third-order valence-corrected chi connectivity index (χ3v) is 4.49. The van der Waals surface area contributed by atoms with Crippen molar-refractivity contribution in [2.45, 2.75) is 17.3 Å². The molecule has 0 aliphatic carbocycles. The lowest BCUT2D eigenvalue weighted by Crippen LogP contribution is -2.23. The van der Waals surface area contributed by atoms with Crippen LogP contribution in [0.25, 0.3) is 11.3 Å². The van der Waals surface area contributed by atoms with E-state index in [1.165, 1.54) is 12.1 Å². The largest absolute Gasteiger partial charge is 0.508 e. The number of amides is 1. The first-order valence-corrected chi connectivity index (χ1v) is 8.70. The van der Waals surface area contributed by atoms with Gasteiger partial charge in [-0.3, -0.25) is 14.6 Å². The molecule has 0 aliphatic rings. The minimum absolute atomic E-state index is 0.122. The number of hydrogen-bond donors (Lipinski definition) is 3. The summed E-state index contributed by atoms with van der Waals surface area (Å²) in [5.74, 6) is -0.132. The van der Waals surface area contributed by atoms with Crippen molar-refractivity contribution in [1.82, 2.24) is 15.2 Å². The molecule has 1 unspecified atom stereocenters. The number of anilines is 1. The van der Waals surface area contributed by atoms with Gasteiger partial charge in [0.25, 0.3) is 5.56 Å². The highest BCUT2D eigenvalue weighted by Crippen LogP contribution is 2.21. The van der Waals surface area contributed by atoms with E-state index in [0.29, 0.717) is 11.3 Å². The first kappa shape index (κ1) is 17.7. The van der Waals surface area contributed by atoms with E-state index in [-0.39, 0.29) is 28.1 Å². The molecule has 1 atom stereocenters. The van der Waals surface area contributed by atoms with Crippen molar-refractivity contribution in [3.63, 3.8) is 0 Å². The smallest absolute Gasteiger partial charge is 0.278 e. The van der Waals surface area contributed by atoms with Crippen LogP contribution < -0.4 is 10.9 Å². The Hall–Kier alpha value is -3.13. The van der Waals surface area contributed by atoms with Crippen molar-refractivity contribution < 1.29 is 9.90 Å². The van der Waals surface area contributed by atoms with E-state index in [4.69, 9.17) is 0 Å². The molecule has 26 heavy (non-hydrogen) atoms. The van der Waals surface area contributed by atoms with Gasteiger partial charge in [0, 0.05) is 11.3 Å². The molecular formula is C18H16N4O3S. The van der Waals surface area contributed by atoms with Gasteiger partial charge in [-0.1, -0.05) is 42.1 Å². The highest BCUT2D eigenvalue weighted by Gasteiger charge is 2.17. The number of hydrogen-bond acceptors (Lipinski definition) is 6. The molecule has 3 rings (SSSR count). The zero-order valence-corrected chi connectivity index (χ0v) is 14.7. The summed E-state index contributed by atoms with van der Waals surface area (Å²) in [7, 11) is 0. The molecule has 0 bridgehead atoms. The van der Waals surface area contributed by atoms with Crippen LogP contribution in [0.3, 0.4) is 0 Å². The van der Waals surface area contributed by atoms with Crippen LogP contribution in [0.5, 0.6) is 5.75 Å². The fraction of sp³-hybridized carbons (Fsp3) is 0.111. The summed E-state index contributed by atoms with van der Waals surface area (Å²) >= 11 is 1.10. The quantitative estimate of drug-likeness (QED) is 0.472. The lowest BCUT2D eigenvalue weighted by Gasteiger charge is -2.11. The maximum Gasteiger partial charge on any atom is 0.278 e. The van der Waals surface area contributed by atoms with Crippen LogP contribution in [0.15, 0.2) is 64.5 Å². The molecule has 0 spiro atoms. The summed E-state index contributed by atoms with van der Waals surface area (Å²) in [4.78, 5) is 27.1. The van der Waals surface area contributed by atoms with E-state index in [2.05, 4.69) is 20.5 Å². The number of thioether (sulfide) groups is 1. The molecule has 0 fully saturated rings. The molecule has 0 aliphatic heterocycles. The fourth-order valence-electron chi connectivity index (χ4n) is 2.17. The van der Waals surface area contributed by atoms with Crippen molar-refractivity contribution in [3.8, 4) is 17.0 Å². The first-order valence-electron chi connectivity index (χ1n) is 7.82. The summed E-state index contributed by atoms with van der Waals surface area (Å²) in [5.41, 5.74) is 1.12. The lowest BCUT2D eigenvalue weighted by molar-refractivity contribution is -0.115. The lowest BCUT2D eigenvalue weighted by atomic mass is 10.2. The van der Waals surface area contributed by atoms with Crippen LogP contribution >= 0.6 is 11.8 Å². The Morgan fingerprint density at radius 3 is 2.46 bits per heavy atom. The predicted octanol–water partition coefficient (Wildman–Crippen LogP) is 2.66. The number of phenols is 1. The van der Waals surface area contributed by atoms with Crippen molar-refractivity contribution >= 4 is 23.4 Å². The van der Waals surface area contributed by atoms with Crippen LogP contribution in [0, 0.1) is 0 Å². The number of carbonyl (C=O) groups is 1. The number of aromatic hydroxyl groups is 1. The Morgan fingerprint density at radius 1 is 1.12 bits per heavy atom. The van der Waals surface area contributed by atoms with Gasteiger partial charge in [-0.25, -0.2) is 0 Å². The molecule has 132 valence electrons. The second kappa shape index (κ2) is 7.83. The average Bonchev–Trinajstić information content (AvgIpc) is 2.64. The number of nitrogens with zero attached hydrogens (tertiary/aromatic N) is 2. The second-order valence-corrected chi connectivity index (χ2v) is 6.80. The average molecular weight is 368 g/mol. The topological polar surface area (TPSA) is 108 Å². The number of aromatic amines is 1. The van der Waals surface area contributed by atoms with Gasteiger partial charge in [0.1, 0.15) is 5.75 Å². The summed E-state index contributed by atoms with van der Waals surface area (Å²) < 4.78 is 0. The summed E-state index contributed by atoms with van der Waals surface area (Å²) in [6, 6.07) is 15.2. The Bertz CT molecular complexity index is 958. The van der Waals surface area contributed by atoms with Crippen molar-refractivity contribution in [1.29, 1.82) is 0 Å². The van der Waals surface area contributed by atoms with Gasteiger partial charge in [0.2, 0.25) is 5.91 Å². The number of carbonyl (C=O) groups excluding carboxylic acids is 1. The van der Waals surface area contributed by atoms with Crippen molar-refractivity contribution in [2.75, 3.05) is 5.32 Å². The maximum atomic E-state index is 12.2. The zero-order chi connectivity index (χ0) is 18.5. The number of H-pyrrole nitrogens is 1. The normalized spacial score (nSPS) is 11.7. The molecule has 3 aromatic rings. The minimum Gasteiger partial charge on any atom is -0.508 e. The highest BCUT2D eigenvalue weighted by molar-refractivity contribution is 8.00. The highest BCUT2D eigenvalue weighted by atomic mass is 32.2. The molecule has 2 aromatic carbocycles. The van der Waals surface area contributed by atoms with Gasteiger partial charge in [0.05, 0.1) is 5.25 Å². The van der Waals surface area contributed by atoms with E-state index in [1.54, 1.807) is 31.2 Å². The number of nitrogens with one attached hydrogen (secondary N) is 2. The molecule has 1 heterocycles. The predicted molar refractivity (Wildman–Crippen MR) is 100 cm³/mol. The number of phenolic OH excluding ortho intramolecular Hbond substituents is 1. The number of benzene rings is 2. The Morgan fingerprint density at radius 2 is 1.81 bits per heavy atom. The fourth-order valence-corrected chi connectivity index (χ4v) is 2.91. The van der Waals surface area contributed by atoms with Gasteiger partial charge >= 0.3 is 0 Å². The molecule has 0 saturated heterocycles. The van der Waals surface area contributed by atoms with Crippen LogP contribution in [-0.4, -0.2) is 31.4 Å². The molecule has 1 aromatic heterocycles. The minimum atomic E-state index is -0.503. The second-order valence-electron chi connectivity index (χ2n) is 5.47. The van der Waals surface area contributed by atoms with Crippen LogP contribution in [0.2, 0.25) is 0 Å². The Kier molecular flexibility index (Phi) is 5.33. The molecular weight excluding hydrogens is 352 g/mol. The Labute approximate surface area is 153 Å². The Balaban J connectivity index is 1.68. The van der Waals surface area contributed by atoms with E-state index in [1.807, 2.05) is 18.2 Å². The van der Waals surface area contributed by atoms with Gasteiger partial charge in [0.15, 0.2) is 10.9 Å². The zero-order valence-electron chi connectivity index (χ0n) is 13.8. The maximum absolute atomic E-state index is 12.2. The molecule has 8 heteroatoms. The SMILES string of the molecule is CC(Sc1nnc(-c2ccccc2)c(=O)[nH]1)C(=O)Nc1ccc(O)cc1. The summed E-state index contributed by atoms with van der Waals surface area (Å²) in [5, 5.41) is 19.7. The summed E-state index contributed by atoms with van der Waals surface area (Å²) in [6.45, 7) is 1.70. The molecule has 0 saturated carbocycles. The number of rotatable bonds is 5. The molecule has 1 amide bonds. The van der Waals surface area contributed by atoms with Gasteiger partial charge in [-0.05, 0) is 31.2 Å². The van der Waals surface area contributed by atoms with E-state index in [0.717, 1.165) is 11.8 Å². The molecule has 0 radical (unpaired) electrons. The third kappa shape index (κ3) is 4.28. The third-order valence-electron chi connectivity index (χ3n) is 3.52. The van der Waals surface area contributed by atoms with E-state index in [9.17, 15) is 14.7 Å².